The minimum absolute atomic E-state index is 1.12. The first-order chi connectivity index (χ1) is 23.3. The third-order valence-corrected chi connectivity index (χ3v) is 9.41. The largest absolute Gasteiger partial charge is 0.310 e. The summed E-state index contributed by atoms with van der Waals surface area (Å²) >= 11 is 0. The predicted molar refractivity (Wildman–Crippen MR) is 202 cm³/mol. The van der Waals surface area contributed by atoms with Crippen LogP contribution in [0.2, 0.25) is 0 Å². The van der Waals surface area contributed by atoms with Crippen molar-refractivity contribution >= 4 is 60.2 Å². The summed E-state index contributed by atoms with van der Waals surface area (Å²) in [7, 11) is 0. The number of nitrogens with zero attached hydrogens (tertiary/aromatic N) is 1. The maximum atomic E-state index is 2.40. The summed E-state index contributed by atoms with van der Waals surface area (Å²) in [5.41, 5.74) is 8.37. The van der Waals surface area contributed by atoms with Gasteiger partial charge >= 0.3 is 0 Å². The average Bonchev–Trinajstić information content (AvgIpc) is 3.15. The van der Waals surface area contributed by atoms with E-state index in [-0.39, 0.29) is 0 Å². The third-order valence-electron chi connectivity index (χ3n) is 9.41. The molecular formula is C46H31N. The Morgan fingerprint density at radius 3 is 1.28 bits per heavy atom. The molecule has 0 saturated carbocycles. The van der Waals surface area contributed by atoms with Crippen LogP contribution in [0.25, 0.3) is 65.3 Å². The van der Waals surface area contributed by atoms with Gasteiger partial charge in [-0.05, 0) is 90.3 Å². The lowest BCUT2D eigenvalue weighted by Gasteiger charge is -2.28. The molecule has 0 atom stereocenters. The van der Waals surface area contributed by atoms with Gasteiger partial charge in [0.25, 0.3) is 0 Å². The standard InChI is InChI=1S/C46H31N/c1-3-15-32(16-4-1)45-42-25-13-10-22-39(42)40-23-11-14-26-43(40)46(45)33-27-29-36(30-28-33)47(35-18-5-2-6-19-35)44-31-34-17-7-8-20-37(34)38-21-9-12-24-41(38)44/h1-31H. The van der Waals surface area contributed by atoms with Crippen molar-refractivity contribution < 1.29 is 0 Å². The molecule has 0 saturated heterocycles. The first kappa shape index (κ1) is 27.2. The molecular weight excluding hydrogens is 567 g/mol. The van der Waals surface area contributed by atoms with Crippen molar-refractivity contribution in [2.75, 3.05) is 4.90 Å². The number of hydrogen-bond acceptors (Lipinski definition) is 1. The summed E-state index contributed by atoms with van der Waals surface area (Å²) < 4.78 is 0. The molecule has 0 fully saturated rings. The Morgan fingerprint density at radius 2 is 0.681 bits per heavy atom. The second-order valence-corrected chi connectivity index (χ2v) is 12.1. The predicted octanol–water partition coefficient (Wildman–Crippen LogP) is 13.1. The Bertz CT molecular complexity index is 2550. The summed E-state index contributed by atoms with van der Waals surface area (Å²) in [5.74, 6) is 0. The van der Waals surface area contributed by atoms with Crippen LogP contribution in [0, 0.1) is 0 Å². The van der Waals surface area contributed by atoms with Crippen LogP contribution in [-0.2, 0) is 0 Å². The molecule has 1 nitrogen and oxygen atoms in total. The van der Waals surface area contributed by atoms with E-state index in [1.54, 1.807) is 0 Å². The lowest BCUT2D eigenvalue weighted by molar-refractivity contribution is 1.30. The second kappa shape index (κ2) is 11.3. The molecule has 0 unspecified atom stereocenters. The van der Waals surface area contributed by atoms with Gasteiger partial charge in [0.05, 0.1) is 5.69 Å². The molecule has 0 aliphatic rings. The maximum Gasteiger partial charge on any atom is 0.0546 e. The lowest BCUT2D eigenvalue weighted by Crippen LogP contribution is -2.10. The molecule has 0 radical (unpaired) electrons. The zero-order valence-corrected chi connectivity index (χ0v) is 25.8. The van der Waals surface area contributed by atoms with Crippen LogP contribution in [0.5, 0.6) is 0 Å². The fourth-order valence-corrected chi connectivity index (χ4v) is 7.35. The van der Waals surface area contributed by atoms with Crippen molar-refractivity contribution in [1.29, 1.82) is 0 Å². The third kappa shape index (κ3) is 4.56. The average molecular weight is 598 g/mol. The first-order valence-electron chi connectivity index (χ1n) is 16.2. The van der Waals surface area contributed by atoms with E-state index >= 15 is 0 Å². The van der Waals surface area contributed by atoms with Crippen LogP contribution in [0.15, 0.2) is 188 Å². The highest BCUT2D eigenvalue weighted by Crippen LogP contribution is 2.46. The highest BCUT2D eigenvalue weighted by molar-refractivity contribution is 6.21. The van der Waals surface area contributed by atoms with E-state index in [0.717, 1.165) is 11.4 Å². The minimum atomic E-state index is 1.12. The van der Waals surface area contributed by atoms with Crippen LogP contribution in [0.3, 0.4) is 0 Å². The van der Waals surface area contributed by atoms with Gasteiger partial charge < -0.3 is 4.90 Å². The second-order valence-electron chi connectivity index (χ2n) is 12.1. The van der Waals surface area contributed by atoms with Crippen LogP contribution in [0.4, 0.5) is 17.1 Å². The highest BCUT2D eigenvalue weighted by Gasteiger charge is 2.20. The van der Waals surface area contributed by atoms with E-state index in [1.165, 1.54) is 71.0 Å². The van der Waals surface area contributed by atoms with Gasteiger partial charge in [0.2, 0.25) is 0 Å². The monoisotopic (exact) mass is 597 g/mol. The van der Waals surface area contributed by atoms with Gasteiger partial charge in [-0.3, -0.25) is 0 Å². The molecule has 0 amide bonds. The summed E-state index contributed by atoms with van der Waals surface area (Å²) in [6.07, 6.45) is 0. The molecule has 0 N–H and O–H groups in total. The zero-order chi connectivity index (χ0) is 31.2. The Kier molecular flexibility index (Phi) is 6.54. The van der Waals surface area contributed by atoms with E-state index in [1.807, 2.05) is 0 Å². The normalized spacial score (nSPS) is 11.4. The number of anilines is 3. The van der Waals surface area contributed by atoms with Crippen LogP contribution in [0.1, 0.15) is 0 Å². The van der Waals surface area contributed by atoms with Crippen molar-refractivity contribution in [3.05, 3.63) is 188 Å². The number of rotatable bonds is 5. The number of benzene rings is 9. The number of hydrogen-bond donors (Lipinski definition) is 0. The van der Waals surface area contributed by atoms with Gasteiger partial charge in [-0.2, -0.15) is 0 Å². The molecule has 0 aromatic heterocycles. The molecule has 0 bridgehead atoms. The minimum Gasteiger partial charge on any atom is -0.310 e. The molecule has 0 heterocycles. The zero-order valence-electron chi connectivity index (χ0n) is 25.8. The molecule has 0 aliphatic carbocycles. The molecule has 1 heteroatoms. The molecule has 0 aliphatic heterocycles. The summed E-state index contributed by atoms with van der Waals surface area (Å²) in [6, 6.07) is 68.2. The number of fused-ring (bicyclic) bond motifs is 6. The van der Waals surface area contributed by atoms with Gasteiger partial charge in [-0.25, -0.2) is 0 Å². The molecule has 220 valence electrons. The van der Waals surface area contributed by atoms with Gasteiger partial charge in [0.1, 0.15) is 0 Å². The molecule has 9 aromatic carbocycles. The maximum absolute atomic E-state index is 2.40. The van der Waals surface area contributed by atoms with Crippen molar-refractivity contribution in [3.8, 4) is 22.3 Å². The topological polar surface area (TPSA) is 3.24 Å². The lowest BCUT2D eigenvalue weighted by atomic mass is 9.85. The molecule has 47 heavy (non-hydrogen) atoms. The van der Waals surface area contributed by atoms with Gasteiger partial charge in [0.15, 0.2) is 0 Å². The Morgan fingerprint density at radius 1 is 0.277 bits per heavy atom. The molecule has 9 rings (SSSR count). The Hall–Kier alpha value is -6.18. The molecule has 9 aromatic rings. The quantitative estimate of drug-likeness (QED) is 0.178. The summed E-state index contributed by atoms with van der Waals surface area (Å²) in [5, 5.41) is 10.1. The van der Waals surface area contributed by atoms with E-state index in [2.05, 4.69) is 193 Å². The van der Waals surface area contributed by atoms with Gasteiger partial charge in [-0.15, -0.1) is 0 Å². The van der Waals surface area contributed by atoms with E-state index in [4.69, 9.17) is 0 Å². The van der Waals surface area contributed by atoms with Crippen molar-refractivity contribution in [2.24, 2.45) is 0 Å². The Labute approximate surface area is 274 Å². The van der Waals surface area contributed by atoms with E-state index in [0.29, 0.717) is 0 Å². The number of para-hydroxylation sites is 1. The van der Waals surface area contributed by atoms with Crippen LogP contribution < -0.4 is 4.90 Å². The van der Waals surface area contributed by atoms with Gasteiger partial charge in [0, 0.05) is 16.8 Å². The fraction of sp³-hybridized carbons (Fsp3) is 0. The van der Waals surface area contributed by atoms with Crippen LogP contribution in [-0.4, -0.2) is 0 Å². The summed E-state index contributed by atoms with van der Waals surface area (Å²) in [6.45, 7) is 0. The van der Waals surface area contributed by atoms with Crippen molar-refractivity contribution in [2.45, 2.75) is 0 Å². The Balaban J connectivity index is 1.29. The molecule has 0 spiro atoms. The van der Waals surface area contributed by atoms with Crippen LogP contribution >= 0.6 is 0 Å². The fourth-order valence-electron chi connectivity index (χ4n) is 7.35. The smallest absolute Gasteiger partial charge is 0.0546 e. The van der Waals surface area contributed by atoms with E-state index < -0.39 is 0 Å². The van der Waals surface area contributed by atoms with E-state index in [9.17, 15) is 0 Å². The van der Waals surface area contributed by atoms with Crippen molar-refractivity contribution in [3.63, 3.8) is 0 Å². The van der Waals surface area contributed by atoms with Gasteiger partial charge in [-0.1, -0.05) is 158 Å². The highest BCUT2D eigenvalue weighted by atomic mass is 15.1. The SMILES string of the molecule is c1ccc(-c2c(-c3ccc(N(c4ccccc4)c4cc5ccccc5c5ccccc45)cc3)c3ccccc3c3ccccc23)cc1. The summed E-state index contributed by atoms with van der Waals surface area (Å²) in [4.78, 5) is 2.40. The van der Waals surface area contributed by atoms with Crippen molar-refractivity contribution in [1.82, 2.24) is 0 Å². The first-order valence-corrected chi connectivity index (χ1v) is 16.2.